The second-order valence-electron chi connectivity index (χ2n) is 11.3. The molecule has 1 unspecified atom stereocenters. The third-order valence-electron chi connectivity index (χ3n) is 7.61. The van der Waals surface area contributed by atoms with Crippen molar-refractivity contribution >= 4 is 22.9 Å². The van der Waals surface area contributed by atoms with Crippen LogP contribution in [0.3, 0.4) is 0 Å². The standard InChI is InChI=1S/C31H32N8O3/c1-31(2,36-21-8-9-21)16-20(17-32)29(40)37-15-14-23(37)18-38-28-26(27(33)34-19-35-28)39(30(38)41)22-10-12-25(13-11-22)42-24-6-4-3-5-7-24/h3-7,10-13,16,19,21,23,36H,8-9,14-15,18H2,1-2H3,(H2,33,34,35). The fraction of sp³-hybridized carbons (Fsp3) is 0.323. The number of carbonyl (C=O) groups excluding carboxylic acids is 1. The molecule has 3 heterocycles. The second kappa shape index (κ2) is 10.8. The second-order valence-corrected chi connectivity index (χ2v) is 11.3. The van der Waals surface area contributed by atoms with E-state index in [1.165, 1.54) is 15.5 Å². The van der Waals surface area contributed by atoms with Crippen LogP contribution in [0, 0.1) is 11.3 Å². The van der Waals surface area contributed by atoms with Crippen molar-refractivity contribution < 1.29 is 9.53 Å². The smallest absolute Gasteiger partial charge is 0.335 e. The number of aromatic nitrogens is 4. The molecule has 11 heteroatoms. The minimum Gasteiger partial charge on any atom is -0.457 e. The van der Waals surface area contributed by atoms with E-state index in [1.54, 1.807) is 35.2 Å². The van der Waals surface area contributed by atoms with Crippen molar-refractivity contribution in [1.29, 1.82) is 5.26 Å². The Kier molecular flexibility index (Phi) is 7.00. The molecule has 1 aliphatic carbocycles. The van der Waals surface area contributed by atoms with Gasteiger partial charge in [-0.05, 0) is 75.6 Å². The summed E-state index contributed by atoms with van der Waals surface area (Å²) in [7, 11) is 0. The number of benzene rings is 2. The molecule has 0 spiro atoms. The van der Waals surface area contributed by atoms with E-state index in [1.807, 2.05) is 44.2 Å². The van der Waals surface area contributed by atoms with Crippen LogP contribution in [0.25, 0.3) is 16.9 Å². The number of ether oxygens (including phenoxy) is 1. The maximum Gasteiger partial charge on any atom is 0.335 e. The summed E-state index contributed by atoms with van der Waals surface area (Å²) >= 11 is 0. The number of nitriles is 1. The van der Waals surface area contributed by atoms with E-state index < -0.39 is 5.54 Å². The normalized spacial score (nSPS) is 17.1. The lowest BCUT2D eigenvalue weighted by Gasteiger charge is -2.41. The molecule has 2 aromatic carbocycles. The zero-order valence-corrected chi connectivity index (χ0v) is 23.5. The predicted molar refractivity (Wildman–Crippen MR) is 158 cm³/mol. The van der Waals surface area contributed by atoms with Crippen molar-refractivity contribution in [3.8, 4) is 23.3 Å². The number of hydrogen-bond acceptors (Lipinski definition) is 8. The Hall–Kier alpha value is -4.95. The summed E-state index contributed by atoms with van der Waals surface area (Å²) in [5, 5.41) is 13.3. The van der Waals surface area contributed by atoms with E-state index in [4.69, 9.17) is 10.5 Å². The Bertz CT molecular complexity index is 1760. The van der Waals surface area contributed by atoms with Crippen LogP contribution < -0.4 is 21.5 Å². The Morgan fingerprint density at radius 2 is 1.83 bits per heavy atom. The van der Waals surface area contributed by atoms with Crippen LogP contribution in [-0.4, -0.2) is 54.1 Å². The number of nitrogens with two attached hydrogens (primary N) is 1. The van der Waals surface area contributed by atoms with Gasteiger partial charge >= 0.3 is 5.69 Å². The molecule has 11 nitrogen and oxygen atoms in total. The zero-order valence-electron chi connectivity index (χ0n) is 23.5. The van der Waals surface area contributed by atoms with Crippen LogP contribution >= 0.6 is 0 Å². The summed E-state index contributed by atoms with van der Waals surface area (Å²) < 4.78 is 8.90. The van der Waals surface area contributed by atoms with E-state index in [9.17, 15) is 14.9 Å². The highest BCUT2D eigenvalue weighted by molar-refractivity contribution is 5.98. The van der Waals surface area contributed by atoms with Crippen molar-refractivity contribution in [2.45, 2.75) is 57.3 Å². The van der Waals surface area contributed by atoms with Gasteiger partial charge < -0.3 is 20.7 Å². The van der Waals surface area contributed by atoms with E-state index in [0.29, 0.717) is 47.4 Å². The molecular formula is C31H32N8O3. The third kappa shape index (κ3) is 5.36. The number of rotatable bonds is 9. The number of imidazole rings is 1. The van der Waals surface area contributed by atoms with Gasteiger partial charge in [0.15, 0.2) is 11.5 Å². The molecule has 2 aromatic heterocycles. The van der Waals surface area contributed by atoms with E-state index in [0.717, 1.165) is 12.8 Å². The van der Waals surface area contributed by atoms with E-state index in [2.05, 4.69) is 21.4 Å². The average molecular weight is 565 g/mol. The number of amides is 1. The average Bonchev–Trinajstić information content (AvgIpc) is 3.72. The Morgan fingerprint density at radius 1 is 1.12 bits per heavy atom. The lowest BCUT2D eigenvalue weighted by molar-refractivity contribution is -0.134. The summed E-state index contributed by atoms with van der Waals surface area (Å²) in [4.78, 5) is 37.4. The molecule has 6 rings (SSSR count). The first-order chi connectivity index (χ1) is 20.2. The van der Waals surface area contributed by atoms with Crippen molar-refractivity contribution in [2.24, 2.45) is 0 Å². The van der Waals surface area contributed by atoms with Gasteiger partial charge in [-0.25, -0.2) is 14.8 Å². The van der Waals surface area contributed by atoms with Crippen LogP contribution in [0.1, 0.15) is 33.1 Å². The molecular weight excluding hydrogens is 532 g/mol. The van der Waals surface area contributed by atoms with Gasteiger partial charge in [-0.3, -0.25) is 13.9 Å². The zero-order chi connectivity index (χ0) is 29.4. The first-order valence-electron chi connectivity index (χ1n) is 14.0. The SMILES string of the molecule is CC(C)(C=C(C#N)C(=O)N1CCC1Cn1c(=O)n(-c2ccc(Oc3ccccc3)cc2)c2c(N)ncnc21)NC1CC1. The molecule has 1 saturated carbocycles. The fourth-order valence-corrected chi connectivity index (χ4v) is 5.36. The van der Waals surface area contributed by atoms with E-state index in [-0.39, 0.29) is 35.6 Å². The lowest BCUT2D eigenvalue weighted by Crippen LogP contribution is -2.54. The number of hydrogen-bond donors (Lipinski definition) is 2. The number of anilines is 1. The monoisotopic (exact) mass is 564 g/mol. The number of nitrogens with zero attached hydrogens (tertiary/aromatic N) is 6. The predicted octanol–water partition coefficient (Wildman–Crippen LogP) is 3.54. The van der Waals surface area contributed by atoms with Crippen molar-refractivity contribution in [2.75, 3.05) is 12.3 Å². The van der Waals surface area contributed by atoms with Crippen molar-refractivity contribution in [1.82, 2.24) is 29.3 Å². The molecule has 1 amide bonds. The van der Waals surface area contributed by atoms with Gasteiger partial charge in [0.25, 0.3) is 5.91 Å². The molecule has 214 valence electrons. The summed E-state index contributed by atoms with van der Waals surface area (Å²) in [6.07, 6.45) is 5.93. The van der Waals surface area contributed by atoms with Crippen LogP contribution in [0.15, 0.2) is 77.4 Å². The van der Waals surface area contributed by atoms with Gasteiger partial charge in [-0.2, -0.15) is 5.26 Å². The highest BCUT2D eigenvalue weighted by Gasteiger charge is 2.37. The quantitative estimate of drug-likeness (QED) is 0.232. The highest BCUT2D eigenvalue weighted by Crippen LogP contribution is 2.28. The van der Waals surface area contributed by atoms with Gasteiger partial charge in [0.2, 0.25) is 0 Å². The molecule has 2 fully saturated rings. The molecule has 1 aliphatic heterocycles. The van der Waals surface area contributed by atoms with Crippen molar-refractivity contribution in [3.63, 3.8) is 0 Å². The number of carbonyl (C=O) groups is 1. The van der Waals surface area contributed by atoms with Crippen LogP contribution in [-0.2, 0) is 11.3 Å². The molecule has 0 bridgehead atoms. The Morgan fingerprint density at radius 3 is 2.48 bits per heavy atom. The minimum atomic E-state index is -0.483. The molecule has 0 radical (unpaired) electrons. The third-order valence-corrected chi connectivity index (χ3v) is 7.61. The van der Waals surface area contributed by atoms with Gasteiger partial charge in [0, 0.05) is 24.7 Å². The maximum absolute atomic E-state index is 13.9. The van der Waals surface area contributed by atoms with Gasteiger partial charge in [0.1, 0.15) is 35.0 Å². The first kappa shape index (κ1) is 27.2. The summed E-state index contributed by atoms with van der Waals surface area (Å²) in [5.41, 5.74) is 6.86. The summed E-state index contributed by atoms with van der Waals surface area (Å²) in [6.45, 7) is 4.64. The molecule has 4 aromatic rings. The number of likely N-dealkylation sites (tertiary alicyclic amines) is 1. The molecule has 1 saturated heterocycles. The maximum atomic E-state index is 13.9. The van der Waals surface area contributed by atoms with Gasteiger partial charge in [0.05, 0.1) is 11.7 Å². The van der Waals surface area contributed by atoms with Crippen LogP contribution in [0.5, 0.6) is 11.5 Å². The number of nitrogens with one attached hydrogen (secondary N) is 1. The summed E-state index contributed by atoms with van der Waals surface area (Å²) in [6, 6.07) is 18.8. The van der Waals surface area contributed by atoms with Gasteiger partial charge in [-0.15, -0.1) is 0 Å². The van der Waals surface area contributed by atoms with Gasteiger partial charge in [-0.1, -0.05) is 18.2 Å². The highest BCUT2D eigenvalue weighted by atomic mass is 16.5. The summed E-state index contributed by atoms with van der Waals surface area (Å²) in [5.74, 6) is 1.15. The van der Waals surface area contributed by atoms with Crippen LogP contribution in [0.2, 0.25) is 0 Å². The number of nitrogen functional groups attached to an aromatic ring is 1. The Labute approximate surface area is 242 Å². The fourth-order valence-electron chi connectivity index (χ4n) is 5.36. The molecule has 42 heavy (non-hydrogen) atoms. The molecule has 3 N–H and O–H groups in total. The van der Waals surface area contributed by atoms with E-state index >= 15 is 0 Å². The molecule has 2 aliphatic rings. The minimum absolute atomic E-state index is 0.0944. The topological polar surface area (TPSA) is 144 Å². The number of fused-ring (bicyclic) bond motifs is 1. The Balaban J connectivity index is 1.27. The van der Waals surface area contributed by atoms with Crippen LogP contribution in [0.4, 0.5) is 5.82 Å². The van der Waals surface area contributed by atoms with Crippen molar-refractivity contribution in [3.05, 3.63) is 83.1 Å². The largest absolute Gasteiger partial charge is 0.457 e. The first-order valence-corrected chi connectivity index (χ1v) is 14.0. The number of para-hydroxylation sites is 1. The molecule has 1 atom stereocenters. The lowest BCUT2D eigenvalue weighted by atomic mass is 9.97.